The van der Waals surface area contributed by atoms with Crippen LogP contribution in [-0.4, -0.2) is 45.6 Å². The van der Waals surface area contributed by atoms with Crippen LogP contribution in [0.25, 0.3) is 0 Å². The van der Waals surface area contributed by atoms with E-state index in [1.54, 1.807) is 0 Å². The lowest BCUT2D eigenvalue weighted by Gasteiger charge is -2.30. The summed E-state index contributed by atoms with van der Waals surface area (Å²) in [5.41, 5.74) is 1.29. The molecule has 0 fully saturated rings. The standard InChI is InChI=1S/C9H13N3O4S/c1-2-17(15,16)12-4-7-6(10-5-11-7)3-8(12)9(13)14/h5,8H,2-4H2,1H3,(H,10,11)(H,13,14). The first-order chi connectivity index (χ1) is 7.95. The molecule has 0 amide bonds. The van der Waals surface area contributed by atoms with Gasteiger partial charge in [0.2, 0.25) is 10.0 Å². The molecule has 7 nitrogen and oxygen atoms in total. The van der Waals surface area contributed by atoms with Gasteiger partial charge in [0.05, 0.1) is 30.0 Å². The van der Waals surface area contributed by atoms with Crippen molar-refractivity contribution >= 4 is 16.0 Å². The molecule has 1 atom stereocenters. The Bertz CT molecular complexity index is 536. The molecule has 2 heterocycles. The van der Waals surface area contributed by atoms with E-state index < -0.39 is 22.0 Å². The highest BCUT2D eigenvalue weighted by atomic mass is 32.2. The summed E-state index contributed by atoms with van der Waals surface area (Å²) in [6, 6.07) is -1.06. The Morgan fingerprint density at radius 1 is 1.71 bits per heavy atom. The second-order valence-electron chi connectivity index (χ2n) is 3.83. The summed E-state index contributed by atoms with van der Waals surface area (Å²) in [4.78, 5) is 17.9. The number of aromatic nitrogens is 2. The first kappa shape index (κ1) is 12.1. The van der Waals surface area contributed by atoms with Gasteiger partial charge in [0.25, 0.3) is 0 Å². The van der Waals surface area contributed by atoms with Crippen molar-refractivity contribution in [2.45, 2.75) is 25.9 Å². The third-order valence-corrected chi connectivity index (χ3v) is 4.69. The van der Waals surface area contributed by atoms with Gasteiger partial charge in [-0.25, -0.2) is 13.4 Å². The van der Waals surface area contributed by atoms with Crippen LogP contribution in [-0.2, 0) is 27.8 Å². The van der Waals surface area contributed by atoms with Crippen molar-refractivity contribution in [3.05, 3.63) is 17.7 Å². The molecule has 0 spiro atoms. The summed E-state index contributed by atoms with van der Waals surface area (Å²) in [5.74, 6) is -1.25. The molecule has 0 radical (unpaired) electrons. The Balaban J connectivity index is 2.41. The number of aliphatic carboxylic acids is 1. The Morgan fingerprint density at radius 3 is 3.00 bits per heavy atom. The summed E-state index contributed by atoms with van der Waals surface area (Å²) in [7, 11) is -3.53. The van der Waals surface area contributed by atoms with Crippen molar-refractivity contribution in [3.63, 3.8) is 0 Å². The molecule has 8 heteroatoms. The number of rotatable bonds is 3. The number of carboxylic acids is 1. The van der Waals surface area contributed by atoms with E-state index in [1.165, 1.54) is 13.3 Å². The van der Waals surface area contributed by atoms with Gasteiger partial charge in [-0.05, 0) is 6.92 Å². The average Bonchev–Trinajstić information content (AvgIpc) is 2.74. The van der Waals surface area contributed by atoms with Crippen LogP contribution in [0.5, 0.6) is 0 Å². The molecule has 1 aliphatic heterocycles. The SMILES string of the molecule is CCS(=O)(=O)N1Cc2[nH]cnc2CC1C(=O)O. The topological polar surface area (TPSA) is 103 Å². The summed E-state index contributed by atoms with van der Waals surface area (Å²) < 4.78 is 24.7. The lowest BCUT2D eigenvalue weighted by atomic mass is 10.1. The van der Waals surface area contributed by atoms with Gasteiger partial charge in [-0.2, -0.15) is 4.31 Å². The van der Waals surface area contributed by atoms with Gasteiger partial charge >= 0.3 is 5.97 Å². The number of hydrogen-bond donors (Lipinski definition) is 2. The van der Waals surface area contributed by atoms with Gasteiger partial charge in [0.1, 0.15) is 6.04 Å². The normalized spacial score (nSPS) is 21.1. The van der Waals surface area contributed by atoms with Crippen LogP contribution in [0, 0.1) is 0 Å². The van der Waals surface area contributed by atoms with E-state index >= 15 is 0 Å². The number of hydrogen-bond acceptors (Lipinski definition) is 4. The number of sulfonamides is 1. The average molecular weight is 259 g/mol. The molecular weight excluding hydrogens is 246 g/mol. The maximum absolute atomic E-state index is 11.8. The number of nitrogens with zero attached hydrogens (tertiary/aromatic N) is 2. The molecule has 0 aliphatic carbocycles. The highest BCUT2D eigenvalue weighted by Crippen LogP contribution is 2.23. The second-order valence-corrected chi connectivity index (χ2v) is 6.04. The third-order valence-electron chi connectivity index (χ3n) is 2.86. The van der Waals surface area contributed by atoms with Crippen molar-refractivity contribution in [1.82, 2.24) is 14.3 Å². The lowest BCUT2D eigenvalue weighted by molar-refractivity contribution is -0.141. The van der Waals surface area contributed by atoms with E-state index in [9.17, 15) is 13.2 Å². The summed E-state index contributed by atoms with van der Waals surface area (Å²) in [5, 5.41) is 9.09. The van der Waals surface area contributed by atoms with E-state index in [0.29, 0.717) is 11.4 Å². The molecule has 17 heavy (non-hydrogen) atoms. The molecule has 0 aromatic carbocycles. The molecule has 1 aromatic rings. The predicted molar refractivity (Wildman–Crippen MR) is 58.7 cm³/mol. The zero-order chi connectivity index (χ0) is 12.6. The molecule has 1 aromatic heterocycles. The minimum atomic E-state index is -3.53. The highest BCUT2D eigenvalue weighted by Gasteiger charge is 2.39. The van der Waals surface area contributed by atoms with Crippen LogP contribution >= 0.6 is 0 Å². The number of H-pyrrole nitrogens is 1. The zero-order valence-corrected chi connectivity index (χ0v) is 10.1. The molecule has 0 bridgehead atoms. The molecule has 2 N–H and O–H groups in total. The fourth-order valence-corrected chi connectivity index (χ4v) is 3.09. The zero-order valence-electron chi connectivity index (χ0n) is 9.25. The highest BCUT2D eigenvalue weighted by molar-refractivity contribution is 7.89. The van der Waals surface area contributed by atoms with Crippen molar-refractivity contribution in [1.29, 1.82) is 0 Å². The Labute approximate surface area is 98.5 Å². The van der Waals surface area contributed by atoms with E-state index in [4.69, 9.17) is 5.11 Å². The minimum absolute atomic E-state index is 0.0441. The molecular formula is C9H13N3O4S. The smallest absolute Gasteiger partial charge is 0.322 e. The van der Waals surface area contributed by atoms with Gasteiger partial charge in [-0.1, -0.05) is 0 Å². The van der Waals surface area contributed by atoms with Crippen molar-refractivity contribution in [2.75, 3.05) is 5.75 Å². The summed E-state index contributed by atoms with van der Waals surface area (Å²) in [6.45, 7) is 1.54. The molecule has 2 rings (SSSR count). The maximum atomic E-state index is 11.8. The van der Waals surface area contributed by atoms with Crippen LogP contribution in [0.1, 0.15) is 18.3 Å². The van der Waals surface area contributed by atoms with E-state index in [-0.39, 0.29) is 18.7 Å². The van der Waals surface area contributed by atoms with Gasteiger partial charge in [0.15, 0.2) is 0 Å². The maximum Gasteiger partial charge on any atom is 0.322 e. The monoisotopic (exact) mass is 259 g/mol. The first-order valence-electron chi connectivity index (χ1n) is 5.19. The number of carboxylic acid groups (broad SMARTS) is 1. The van der Waals surface area contributed by atoms with Crippen molar-refractivity contribution in [3.8, 4) is 0 Å². The number of imidazole rings is 1. The number of nitrogens with one attached hydrogen (secondary N) is 1. The van der Waals surface area contributed by atoms with Crippen LogP contribution in [0.4, 0.5) is 0 Å². The van der Waals surface area contributed by atoms with Crippen molar-refractivity contribution in [2.24, 2.45) is 0 Å². The van der Waals surface area contributed by atoms with Gasteiger partial charge < -0.3 is 10.1 Å². The number of aromatic amines is 1. The fraction of sp³-hybridized carbons (Fsp3) is 0.556. The minimum Gasteiger partial charge on any atom is -0.480 e. The predicted octanol–water partition coefficient (Wildman–Crippen LogP) is -0.429. The van der Waals surface area contributed by atoms with Crippen LogP contribution < -0.4 is 0 Å². The van der Waals surface area contributed by atoms with E-state index in [2.05, 4.69) is 9.97 Å². The molecule has 1 aliphatic rings. The van der Waals surface area contributed by atoms with Crippen LogP contribution in [0.3, 0.4) is 0 Å². The van der Waals surface area contributed by atoms with E-state index in [0.717, 1.165) is 4.31 Å². The second kappa shape index (κ2) is 4.11. The third kappa shape index (κ3) is 2.05. The van der Waals surface area contributed by atoms with Gasteiger partial charge in [-0.15, -0.1) is 0 Å². The number of fused-ring (bicyclic) bond motifs is 1. The largest absolute Gasteiger partial charge is 0.480 e. The van der Waals surface area contributed by atoms with Gasteiger partial charge in [0, 0.05) is 6.42 Å². The molecule has 1 unspecified atom stereocenters. The molecule has 0 saturated carbocycles. The quantitative estimate of drug-likeness (QED) is 0.766. The summed E-state index contributed by atoms with van der Waals surface area (Å²) >= 11 is 0. The fourth-order valence-electron chi connectivity index (χ4n) is 1.88. The molecule has 94 valence electrons. The Hall–Kier alpha value is -1.41. The lowest BCUT2D eigenvalue weighted by Crippen LogP contribution is -2.49. The van der Waals surface area contributed by atoms with Crippen LogP contribution in [0.2, 0.25) is 0 Å². The van der Waals surface area contributed by atoms with Gasteiger partial charge in [-0.3, -0.25) is 4.79 Å². The summed E-state index contributed by atoms with van der Waals surface area (Å²) in [6.07, 6.45) is 1.55. The van der Waals surface area contributed by atoms with Crippen LogP contribution in [0.15, 0.2) is 6.33 Å². The van der Waals surface area contributed by atoms with E-state index in [1.807, 2.05) is 0 Å². The Kier molecular flexibility index (Phi) is 2.92. The number of carbonyl (C=O) groups is 1. The van der Waals surface area contributed by atoms with Crippen molar-refractivity contribution < 1.29 is 18.3 Å². The molecule has 0 saturated heterocycles. The Morgan fingerprint density at radius 2 is 2.41 bits per heavy atom. The first-order valence-corrected chi connectivity index (χ1v) is 6.80.